The topological polar surface area (TPSA) is 63.6 Å². The van der Waals surface area contributed by atoms with Crippen LogP contribution in [0.15, 0.2) is 18.2 Å². The molecule has 1 atom stereocenters. The lowest BCUT2D eigenvalue weighted by Gasteiger charge is -2.07. The van der Waals surface area contributed by atoms with Crippen LogP contribution in [0.5, 0.6) is 5.75 Å². The van der Waals surface area contributed by atoms with Gasteiger partial charge in [-0.15, -0.1) is 11.6 Å². The highest BCUT2D eigenvalue weighted by Crippen LogP contribution is 2.21. The van der Waals surface area contributed by atoms with Gasteiger partial charge >= 0.3 is 5.97 Å². The van der Waals surface area contributed by atoms with Crippen molar-refractivity contribution in [1.29, 1.82) is 0 Å². The Morgan fingerprint density at radius 3 is 2.65 bits per heavy atom. The Morgan fingerprint density at radius 1 is 1.47 bits per heavy atom. The second-order valence-electron chi connectivity index (χ2n) is 3.43. The molecule has 0 aliphatic carbocycles. The summed E-state index contributed by atoms with van der Waals surface area (Å²) < 4.78 is 4.76. The second-order valence-corrected chi connectivity index (χ2v) is 4.09. The molecule has 0 radical (unpaired) electrons. The van der Waals surface area contributed by atoms with Gasteiger partial charge in [-0.2, -0.15) is 0 Å². The molecule has 4 nitrogen and oxygen atoms in total. The molecule has 1 unspecified atom stereocenters. The van der Waals surface area contributed by atoms with Crippen LogP contribution in [0.4, 0.5) is 0 Å². The van der Waals surface area contributed by atoms with E-state index >= 15 is 0 Å². The molecule has 17 heavy (non-hydrogen) atoms. The van der Waals surface area contributed by atoms with E-state index in [0.717, 1.165) is 0 Å². The smallest absolute Gasteiger partial charge is 0.341 e. The number of alkyl halides is 1. The number of ether oxygens (including phenoxy) is 1. The van der Waals surface area contributed by atoms with Crippen molar-refractivity contribution in [3.8, 4) is 5.75 Å². The van der Waals surface area contributed by atoms with E-state index in [1.807, 2.05) is 0 Å². The van der Waals surface area contributed by atoms with Gasteiger partial charge in [0, 0.05) is 5.56 Å². The molecule has 1 aromatic rings. The number of phenols is 1. The number of hydrogen-bond donors (Lipinski definition) is 1. The van der Waals surface area contributed by atoms with Gasteiger partial charge < -0.3 is 9.84 Å². The average molecular weight is 257 g/mol. The fourth-order valence-corrected chi connectivity index (χ4v) is 1.42. The molecule has 0 fully saturated rings. The molecule has 5 heteroatoms. The summed E-state index contributed by atoms with van der Waals surface area (Å²) in [5.74, 6) is -1.19. The molecule has 0 saturated carbocycles. The fourth-order valence-electron chi connectivity index (χ4n) is 1.29. The van der Waals surface area contributed by atoms with Crippen molar-refractivity contribution >= 4 is 23.4 Å². The number of halogens is 1. The van der Waals surface area contributed by atoms with Gasteiger partial charge in [0.2, 0.25) is 0 Å². The number of esters is 1. The summed E-state index contributed by atoms with van der Waals surface area (Å²) >= 11 is 5.67. The third-order valence-corrected chi connectivity index (χ3v) is 2.34. The molecule has 0 saturated heterocycles. The lowest BCUT2D eigenvalue weighted by molar-refractivity contribution is 0.0523. The van der Waals surface area contributed by atoms with E-state index in [-0.39, 0.29) is 29.3 Å². The van der Waals surface area contributed by atoms with Crippen LogP contribution < -0.4 is 0 Å². The highest BCUT2D eigenvalue weighted by atomic mass is 35.5. The number of ketones is 1. The predicted molar refractivity (Wildman–Crippen MR) is 63.7 cm³/mol. The number of hydrogen-bond acceptors (Lipinski definition) is 4. The monoisotopic (exact) mass is 256 g/mol. The molecule has 92 valence electrons. The number of rotatable bonds is 4. The van der Waals surface area contributed by atoms with Crippen molar-refractivity contribution in [2.45, 2.75) is 19.2 Å². The lowest BCUT2D eigenvalue weighted by atomic mass is 10.0. The van der Waals surface area contributed by atoms with Gasteiger partial charge in [-0.25, -0.2) is 4.79 Å². The van der Waals surface area contributed by atoms with E-state index < -0.39 is 11.3 Å². The van der Waals surface area contributed by atoms with E-state index in [1.54, 1.807) is 13.8 Å². The van der Waals surface area contributed by atoms with Crippen molar-refractivity contribution in [2.75, 3.05) is 6.61 Å². The molecular weight excluding hydrogens is 244 g/mol. The minimum absolute atomic E-state index is 0.0324. The van der Waals surface area contributed by atoms with Gasteiger partial charge in [-0.3, -0.25) is 4.79 Å². The van der Waals surface area contributed by atoms with Crippen LogP contribution in [0.2, 0.25) is 0 Å². The van der Waals surface area contributed by atoms with Gasteiger partial charge in [0.05, 0.1) is 12.0 Å². The molecule has 0 heterocycles. The fraction of sp³-hybridized carbons (Fsp3) is 0.333. The first-order valence-electron chi connectivity index (χ1n) is 5.15. The number of aromatic hydroxyl groups is 1. The van der Waals surface area contributed by atoms with Crippen LogP contribution in [0, 0.1) is 0 Å². The lowest BCUT2D eigenvalue weighted by Crippen LogP contribution is -2.12. The Balaban J connectivity index is 3.10. The minimum atomic E-state index is -0.686. The Morgan fingerprint density at radius 2 is 2.12 bits per heavy atom. The highest BCUT2D eigenvalue weighted by molar-refractivity contribution is 6.33. The summed E-state index contributed by atoms with van der Waals surface area (Å²) in [6, 6.07) is 3.98. The molecular formula is C12H13ClO4. The van der Waals surface area contributed by atoms with E-state index in [4.69, 9.17) is 16.3 Å². The first kappa shape index (κ1) is 13.5. The molecule has 0 spiro atoms. The number of Topliss-reactive ketones (excluding diaryl/α,β-unsaturated/α-hetero) is 1. The number of phenolic OH excluding ortho intramolecular Hbond substituents is 1. The summed E-state index contributed by atoms with van der Waals surface area (Å²) in [4.78, 5) is 23.1. The first-order valence-corrected chi connectivity index (χ1v) is 5.59. The SMILES string of the molecule is CCOC(=O)c1cc(C(=O)C(C)Cl)ccc1O. The third kappa shape index (κ3) is 3.20. The Hall–Kier alpha value is -1.55. The Kier molecular flexibility index (Phi) is 4.52. The summed E-state index contributed by atoms with van der Waals surface area (Å²) in [5, 5.41) is 8.82. The van der Waals surface area contributed by atoms with Gasteiger partial charge in [-0.1, -0.05) is 0 Å². The van der Waals surface area contributed by atoms with Crippen LogP contribution in [0.1, 0.15) is 34.6 Å². The molecule has 1 aromatic carbocycles. The normalized spacial score (nSPS) is 11.9. The van der Waals surface area contributed by atoms with Crippen molar-refractivity contribution in [3.05, 3.63) is 29.3 Å². The quantitative estimate of drug-likeness (QED) is 0.510. The van der Waals surface area contributed by atoms with Gasteiger partial charge in [0.25, 0.3) is 0 Å². The van der Waals surface area contributed by atoms with Crippen LogP contribution in [0.3, 0.4) is 0 Å². The zero-order valence-corrected chi connectivity index (χ0v) is 10.3. The molecule has 0 amide bonds. The van der Waals surface area contributed by atoms with E-state index in [0.29, 0.717) is 0 Å². The maximum Gasteiger partial charge on any atom is 0.341 e. The maximum absolute atomic E-state index is 11.6. The summed E-state index contributed by atoms with van der Waals surface area (Å²) in [5.41, 5.74) is 0.239. The van der Waals surface area contributed by atoms with E-state index in [9.17, 15) is 14.7 Å². The summed E-state index contributed by atoms with van der Waals surface area (Å²) in [7, 11) is 0. The van der Waals surface area contributed by atoms with Gasteiger partial charge in [-0.05, 0) is 32.0 Å². The van der Waals surface area contributed by atoms with Gasteiger partial charge in [0.1, 0.15) is 11.3 Å². The van der Waals surface area contributed by atoms with Crippen LogP contribution in [-0.2, 0) is 4.74 Å². The highest BCUT2D eigenvalue weighted by Gasteiger charge is 2.18. The minimum Gasteiger partial charge on any atom is -0.507 e. The van der Waals surface area contributed by atoms with Crippen LogP contribution >= 0.6 is 11.6 Å². The molecule has 0 aromatic heterocycles. The standard InChI is InChI=1S/C12H13ClO4/c1-3-17-12(16)9-6-8(4-5-10(9)14)11(15)7(2)13/h4-7,14H,3H2,1-2H3. The molecule has 1 rings (SSSR count). The Bertz CT molecular complexity index is 440. The maximum atomic E-state index is 11.6. The summed E-state index contributed by atoms with van der Waals surface area (Å²) in [6.45, 7) is 3.40. The van der Waals surface area contributed by atoms with Crippen LogP contribution in [-0.4, -0.2) is 28.8 Å². The number of carbonyl (C=O) groups is 2. The molecule has 0 bridgehead atoms. The molecule has 0 aliphatic heterocycles. The molecule has 1 N–H and O–H groups in total. The largest absolute Gasteiger partial charge is 0.507 e. The first-order chi connectivity index (χ1) is 7.97. The van der Waals surface area contributed by atoms with Crippen molar-refractivity contribution in [3.63, 3.8) is 0 Å². The van der Waals surface area contributed by atoms with Crippen molar-refractivity contribution < 1.29 is 19.4 Å². The van der Waals surface area contributed by atoms with Crippen molar-refractivity contribution in [1.82, 2.24) is 0 Å². The molecule has 0 aliphatic rings. The number of carbonyl (C=O) groups excluding carboxylic acids is 2. The summed E-state index contributed by atoms with van der Waals surface area (Å²) in [6.07, 6.45) is 0. The number of benzene rings is 1. The van der Waals surface area contributed by atoms with Crippen LogP contribution in [0.25, 0.3) is 0 Å². The zero-order valence-electron chi connectivity index (χ0n) is 9.57. The Labute approximate surface area is 104 Å². The second kappa shape index (κ2) is 5.68. The third-order valence-electron chi connectivity index (χ3n) is 2.14. The van der Waals surface area contributed by atoms with E-state index in [2.05, 4.69) is 0 Å². The zero-order chi connectivity index (χ0) is 13.0. The average Bonchev–Trinajstić information content (AvgIpc) is 2.28. The van der Waals surface area contributed by atoms with Gasteiger partial charge in [0.15, 0.2) is 5.78 Å². The van der Waals surface area contributed by atoms with E-state index in [1.165, 1.54) is 18.2 Å². The predicted octanol–water partition coefficient (Wildman–Crippen LogP) is 2.38. The van der Waals surface area contributed by atoms with Crippen molar-refractivity contribution in [2.24, 2.45) is 0 Å².